The number of ketones is 1. The van der Waals surface area contributed by atoms with Gasteiger partial charge in [-0.3, -0.25) is 14.4 Å². The van der Waals surface area contributed by atoms with E-state index in [4.69, 9.17) is 16.3 Å². The van der Waals surface area contributed by atoms with Crippen LogP contribution in [0.3, 0.4) is 0 Å². The average Bonchev–Trinajstić information content (AvgIpc) is 2.92. The largest absolute Gasteiger partial charge is 0.448 e. The monoisotopic (exact) mass is 497 g/mol. The lowest BCUT2D eigenvalue weighted by molar-refractivity contribution is -0.147. The molecule has 1 atom stereocenters. The Morgan fingerprint density at radius 2 is 1.17 bits per heavy atom. The Morgan fingerprint density at radius 1 is 0.667 bits per heavy atom. The number of hydrogen-bond acceptors (Lipinski definition) is 4. The van der Waals surface area contributed by atoms with Gasteiger partial charge in [0.05, 0.1) is 5.92 Å². The minimum Gasteiger partial charge on any atom is -0.448 e. The van der Waals surface area contributed by atoms with Crippen LogP contribution in [-0.4, -0.2) is 24.2 Å². The molecule has 1 N–H and O–H groups in total. The van der Waals surface area contributed by atoms with Crippen molar-refractivity contribution >= 4 is 29.3 Å². The summed E-state index contributed by atoms with van der Waals surface area (Å²) < 4.78 is 5.59. The third kappa shape index (κ3) is 6.26. The number of esters is 1. The van der Waals surface area contributed by atoms with Crippen molar-refractivity contribution in [1.29, 1.82) is 0 Å². The summed E-state index contributed by atoms with van der Waals surface area (Å²) in [6.45, 7) is -0.388. The van der Waals surface area contributed by atoms with E-state index in [2.05, 4.69) is 5.32 Å². The number of ether oxygens (including phenoxy) is 1. The van der Waals surface area contributed by atoms with Crippen molar-refractivity contribution in [3.8, 4) is 0 Å². The van der Waals surface area contributed by atoms with Crippen LogP contribution in [0.4, 0.5) is 0 Å². The SMILES string of the molecule is O=C(CNC(=O)C(c1ccccc1)c1ccccc1)OC(C(=O)c1ccccc1)c1ccc(Cl)cc1. The second-order valence-electron chi connectivity index (χ2n) is 8.12. The molecule has 0 radical (unpaired) electrons. The molecule has 0 spiro atoms. The zero-order valence-corrected chi connectivity index (χ0v) is 20.1. The topological polar surface area (TPSA) is 72.5 Å². The van der Waals surface area contributed by atoms with Gasteiger partial charge >= 0.3 is 5.97 Å². The summed E-state index contributed by atoms with van der Waals surface area (Å²) in [4.78, 5) is 39.2. The molecule has 180 valence electrons. The molecule has 6 heteroatoms. The maximum atomic E-state index is 13.2. The number of rotatable bonds is 9. The Morgan fingerprint density at radius 3 is 1.69 bits per heavy atom. The van der Waals surface area contributed by atoms with Crippen LogP contribution in [0.25, 0.3) is 0 Å². The van der Waals surface area contributed by atoms with E-state index >= 15 is 0 Å². The summed E-state index contributed by atoms with van der Waals surface area (Å²) >= 11 is 5.99. The molecule has 36 heavy (non-hydrogen) atoms. The third-order valence-electron chi connectivity index (χ3n) is 5.65. The van der Waals surface area contributed by atoms with Crippen LogP contribution in [-0.2, 0) is 14.3 Å². The molecule has 0 aliphatic carbocycles. The lowest BCUT2D eigenvalue weighted by atomic mass is 9.90. The van der Waals surface area contributed by atoms with E-state index in [1.807, 2.05) is 60.7 Å². The van der Waals surface area contributed by atoms with E-state index in [9.17, 15) is 14.4 Å². The highest BCUT2D eigenvalue weighted by Crippen LogP contribution is 2.26. The molecule has 5 nitrogen and oxygen atoms in total. The minimum atomic E-state index is -1.17. The summed E-state index contributed by atoms with van der Waals surface area (Å²) in [6.07, 6.45) is -1.17. The highest BCUT2D eigenvalue weighted by atomic mass is 35.5. The zero-order valence-electron chi connectivity index (χ0n) is 19.3. The summed E-state index contributed by atoms with van der Waals surface area (Å²) in [6, 6.07) is 33.8. The van der Waals surface area contributed by atoms with Gasteiger partial charge in [-0.25, -0.2) is 0 Å². The van der Waals surface area contributed by atoms with Crippen molar-refractivity contribution in [3.63, 3.8) is 0 Å². The Kier molecular flexibility index (Phi) is 8.27. The van der Waals surface area contributed by atoms with Gasteiger partial charge in [0.15, 0.2) is 6.10 Å². The van der Waals surface area contributed by atoms with E-state index in [0.717, 1.165) is 11.1 Å². The smallest absolute Gasteiger partial charge is 0.326 e. The molecule has 0 heterocycles. The van der Waals surface area contributed by atoms with Gasteiger partial charge in [0.25, 0.3) is 0 Å². The molecule has 0 aromatic heterocycles. The summed E-state index contributed by atoms with van der Waals surface area (Å²) in [5, 5.41) is 3.17. The van der Waals surface area contributed by atoms with Crippen LogP contribution in [0.5, 0.6) is 0 Å². The molecule has 0 fully saturated rings. The molecule has 0 aliphatic rings. The van der Waals surface area contributed by atoms with E-state index in [1.54, 1.807) is 54.6 Å². The molecule has 0 aliphatic heterocycles. The van der Waals surface area contributed by atoms with Gasteiger partial charge in [-0.1, -0.05) is 115 Å². The first-order chi connectivity index (χ1) is 17.5. The molecule has 4 aromatic rings. The average molecular weight is 498 g/mol. The fourth-order valence-electron chi connectivity index (χ4n) is 3.88. The van der Waals surface area contributed by atoms with Crippen molar-refractivity contribution in [2.75, 3.05) is 6.54 Å². The van der Waals surface area contributed by atoms with Crippen molar-refractivity contribution in [1.82, 2.24) is 5.32 Å². The Labute approximate surface area is 214 Å². The summed E-state index contributed by atoms with van der Waals surface area (Å²) in [7, 11) is 0. The molecule has 1 unspecified atom stereocenters. The molecule has 0 saturated carbocycles. The van der Waals surface area contributed by atoms with Crippen LogP contribution >= 0.6 is 11.6 Å². The normalized spacial score (nSPS) is 11.5. The van der Waals surface area contributed by atoms with Gasteiger partial charge < -0.3 is 10.1 Å². The molecule has 0 bridgehead atoms. The van der Waals surface area contributed by atoms with E-state index in [-0.39, 0.29) is 18.2 Å². The lowest BCUT2D eigenvalue weighted by Gasteiger charge is -2.20. The number of halogens is 1. The van der Waals surface area contributed by atoms with Crippen LogP contribution in [0.2, 0.25) is 5.02 Å². The van der Waals surface area contributed by atoms with Gasteiger partial charge in [0.2, 0.25) is 11.7 Å². The van der Waals surface area contributed by atoms with Crippen molar-refractivity contribution in [2.45, 2.75) is 12.0 Å². The summed E-state index contributed by atoms with van der Waals surface area (Å²) in [5.41, 5.74) is 2.49. The number of benzene rings is 4. The third-order valence-corrected chi connectivity index (χ3v) is 5.91. The van der Waals surface area contributed by atoms with Crippen LogP contribution in [0, 0.1) is 0 Å². The minimum absolute atomic E-state index is 0.346. The molecular weight excluding hydrogens is 474 g/mol. The van der Waals surface area contributed by atoms with E-state index < -0.39 is 18.0 Å². The van der Waals surface area contributed by atoms with Crippen molar-refractivity contribution in [3.05, 3.63) is 143 Å². The van der Waals surface area contributed by atoms with Crippen LogP contribution < -0.4 is 5.32 Å². The molecule has 4 aromatic carbocycles. The van der Waals surface area contributed by atoms with Gasteiger partial charge in [-0.05, 0) is 23.3 Å². The highest BCUT2D eigenvalue weighted by molar-refractivity contribution is 6.30. The zero-order chi connectivity index (χ0) is 25.3. The first-order valence-electron chi connectivity index (χ1n) is 11.4. The Balaban J connectivity index is 1.50. The number of hydrogen-bond donors (Lipinski definition) is 1. The molecule has 1 amide bonds. The predicted octanol–water partition coefficient (Wildman–Crippen LogP) is 5.76. The number of nitrogens with one attached hydrogen (secondary N) is 1. The van der Waals surface area contributed by atoms with E-state index in [1.165, 1.54) is 0 Å². The number of Topliss-reactive ketones (excluding diaryl/α,β-unsaturated/α-hetero) is 1. The van der Waals surface area contributed by atoms with Crippen molar-refractivity contribution < 1.29 is 19.1 Å². The number of carbonyl (C=O) groups excluding carboxylic acids is 3. The first-order valence-corrected chi connectivity index (χ1v) is 11.8. The maximum absolute atomic E-state index is 13.2. The number of carbonyl (C=O) groups is 3. The van der Waals surface area contributed by atoms with Gasteiger partial charge in [-0.15, -0.1) is 0 Å². The second-order valence-corrected chi connectivity index (χ2v) is 8.56. The first kappa shape index (κ1) is 24.9. The Bertz CT molecular complexity index is 1270. The standard InChI is InChI=1S/C30H24ClNO4/c31-25-18-16-24(17-19-25)29(28(34)23-14-8-3-9-15-23)36-26(33)20-32-30(35)27(21-10-4-1-5-11-21)22-12-6-2-7-13-22/h1-19,27,29H,20H2,(H,32,35). The Hall–Kier alpha value is -4.22. The molecule has 4 rings (SSSR count). The fourth-order valence-corrected chi connectivity index (χ4v) is 4.01. The number of amides is 1. The fraction of sp³-hybridized carbons (Fsp3) is 0.100. The van der Waals surface area contributed by atoms with Crippen LogP contribution in [0.1, 0.15) is 39.1 Å². The van der Waals surface area contributed by atoms with Crippen molar-refractivity contribution in [2.24, 2.45) is 0 Å². The predicted molar refractivity (Wildman–Crippen MR) is 139 cm³/mol. The quantitative estimate of drug-likeness (QED) is 0.236. The van der Waals surface area contributed by atoms with Gasteiger partial charge in [0.1, 0.15) is 6.54 Å². The van der Waals surface area contributed by atoms with Crippen LogP contribution in [0.15, 0.2) is 115 Å². The summed E-state index contributed by atoms with van der Waals surface area (Å²) in [5.74, 6) is -2.04. The maximum Gasteiger partial charge on any atom is 0.326 e. The van der Waals surface area contributed by atoms with Gasteiger partial charge in [-0.2, -0.15) is 0 Å². The van der Waals surface area contributed by atoms with Gasteiger partial charge in [0, 0.05) is 16.1 Å². The highest BCUT2D eigenvalue weighted by Gasteiger charge is 2.28. The lowest BCUT2D eigenvalue weighted by Crippen LogP contribution is -2.36. The molecule has 0 saturated heterocycles. The second kappa shape index (κ2) is 12.0. The molecular formula is C30H24ClNO4. The van der Waals surface area contributed by atoms with E-state index in [0.29, 0.717) is 16.1 Å².